The standard InChI is InChI=1S/C39H42N2O10Si/c1-23-31(22-48-29-15-9-26(10-16-29)20-47-30-17-11-27-12-18-33(42)50-32(27)19-30)36(38(44)49-21-25-7-13-28(14-8-25)41(45)46)40-35(23)34(37(40)43)24(2)51-52(6)39(3,4)5/h7-19,23-24,34-35,52H,20-22H2,1-6H3/t23-,24+,34+,35+,52?/m0/s1. The fraction of sp³-hybridized carbons (Fsp3) is 0.359. The Morgan fingerprint density at radius 2 is 1.54 bits per heavy atom. The number of non-ortho nitro benzene ring substituents is 1. The smallest absolute Gasteiger partial charge is 0.355 e. The van der Waals surface area contributed by atoms with Gasteiger partial charge in [-0.15, -0.1) is 0 Å². The average molecular weight is 727 g/mol. The first-order valence-corrected chi connectivity index (χ1v) is 19.4. The number of rotatable bonds is 13. The molecule has 4 aromatic rings. The molecule has 6 rings (SSSR count). The van der Waals surface area contributed by atoms with Gasteiger partial charge >= 0.3 is 11.6 Å². The van der Waals surface area contributed by atoms with Crippen molar-refractivity contribution in [2.75, 3.05) is 6.61 Å². The van der Waals surface area contributed by atoms with Crippen molar-refractivity contribution in [2.24, 2.45) is 11.8 Å². The van der Waals surface area contributed by atoms with Crippen LogP contribution in [0.4, 0.5) is 5.69 Å². The summed E-state index contributed by atoms with van der Waals surface area (Å²) in [6, 6.07) is 21.2. The molecule has 0 aliphatic carbocycles. The molecule has 1 aromatic heterocycles. The Kier molecular flexibility index (Phi) is 10.4. The predicted molar refractivity (Wildman–Crippen MR) is 195 cm³/mol. The van der Waals surface area contributed by atoms with Gasteiger partial charge in [-0.2, -0.15) is 0 Å². The highest BCUT2D eigenvalue weighted by Gasteiger charge is 2.60. The highest BCUT2D eigenvalue weighted by atomic mass is 28.3. The third-order valence-corrected chi connectivity index (χ3v) is 13.2. The summed E-state index contributed by atoms with van der Waals surface area (Å²) in [5, 5.41) is 11.9. The zero-order chi connectivity index (χ0) is 37.3. The molecule has 2 aliphatic rings. The second kappa shape index (κ2) is 14.8. The normalized spacial score (nSPS) is 19.5. The Hall–Kier alpha value is -5.27. The quantitative estimate of drug-likeness (QED) is 0.0364. The molecule has 0 saturated carbocycles. The molecule has 1 amide bonds. The first-order valence-electron chi connectivity index (χ1n) is 17.2. The summed E-state index contributed by atoms with van der Waals surface area (Å²) in [4.78, 5) is 51.1. The van der Waals surface area contributed by atoms with E-state index in [0.29, 0.717) is 28.2 Å². The molecule has 1 unspecified atom stereocenters. The van der Waals surface area contributed by atoms with Gasteiger partial charge in [0.2, 0.25) is 5.91 Å². The Morgan fingerprint density at radius 1 is 0.923 bits per heavy atom. The molecule has 0 N–H and O–H groups in total. The average Bonchev–Trinajstić information content (AvgIpc) is 3.35. The molecule has 1 fully saturated rings. The molecule has 0 spiro atoms. The van der Waals surface area contributed by atoms with Crippen molar-refractivity contribution in [2.45, 2.75) is 71.6 Å². The number of ether oxygens (including phenoxy) is 3. The van der Waals surface area contributed by atoms with Crippen molar-refractivity contribution < 1.29 is 37.6 Å². The van der Waals surface area contributed by atoms with Crippen LogP contribution in [0.25, 0.3) is 11.0 Å². The summed E-state index contributed by atoms with van der Waals surface area (Å²) in [6.07, 6.45) is -0.322. The van der Waals surface area contributed by atoms with E-state index in [2.05, 4.69) is 27.3 Å². The van der Waals surface area contributed by atoms with Crippen LogP contribution in [0.1, 0.15) is 45.7 Å². The summed E-state index contributed by atoms with van der Waals surface area (Å²) in [7, 11) is -1.64. The lowest BCUT2D eigenvalue weighted by Gasteiger charge is -2.48. The van der Waals surface area contributed by atoms with Crippen LogP contribution in [-0.2, 0) is 32.0 Å². The molecular formula is C39H42N2O10Si. The highest BCUT2D eigenvalue weighted by molar-refractivity contribution is 6.53. The second-order valence-electron chi connectivity index (χ2n) is 14.4. The van der Waals surface area contributed by atoms with Crippen LogP contribution in [-0.4, -0.2) is 49.5 Å². The number of amides is 1. The van der Waals surface area contributed by atoms with Crippen LogP contribution in [0.3, 0.4) is 0 Å². The summed E-state index contributed by atoms with van der Waals surface area (Å²) in [5.74, 6) is -0.348. The van der Waals surface area contributed by atoms with E-state index in [1.165, 1.54) is 35.2 Å². The van der Waals surface area contributed by atoms with Crippen molar-refractivity contribution in [3.63, 3.8) is 0 Å². The van der Waals surface area contributed by atoms with Gasteiger partial charge in [0.15, 0.2) is 9.04 Å². The predicted octanol–water partition coefficient (Wildman–Crippen LogP) is 6.69. The van der Waals surface area contributed by atoms with Crippen LogP contribution < -0.4 is 15.1 Å². The summed E-state index contributed by atoms with van der Waals surface area (Å²) in [5.41, 5.74) is 2.23. The molecule has 0 bridgehead atoms. The SMILES string of the molecule is C[C@@H](O[SiH](C)C(C)(C)C)[C@H]1C(=O)N2C(C(=O)OCc3ccc([N+](=O)[O-])cc3)=C(COc3ccc(COc4ccc5ccc(=O)oc5c4)cc3)[C@H](C)[C@H]12. The lowest BCUT2D eigenvalue weighted by atomic mass is 9.78. The van der Waals surface area contributed by atoms with Crippen molar-refractivity contribution in [1.82, 2.24) is 4.90 Å². The minimum atomic E-state index is -1.64. The molecule has 272 valence electrons. The van der Waals surface area contributed by atoms with Crippen LogP contribution >= 0.6 is 0 Å². The number of nitro groups is 1. The minimum absolute atomic E-state index is 0.0171. The van der Waals surface area contributed by atoms with Gasteiger partial charge in [-0.3, -0.25) is 14.9 Å². The van der Waals surface area contributed by atoms with Gasteiger partial charge in [-0.05, 0) is 72.1 Å². The van der Waals surface area contributed by atoms with Crippen molar-refractivity contribution in [1.29, 1.82) is 0 Å². The van der Waals surface area contributed by atoms with E-state index in [1.54, 1.807) is 12.1 Å². The van der Waals surface area contributed by atoms with E-state index in [-0.39, 0.29) is 60.2 Å². The fourth-order valence-electron chi connectivity index (χ4n) is 6.49. The van der Waals surface area contributed by atoms with Gasteiger partial charge in [-0.1, -0.05) is 39.8 Å². The molecule has 2 aliphatic heterocycles. The molecule has 0 radical (unpaired) electrons. The Bertz CT molecular complexity index is 2070. The highest BCUT2D eigenvalue weighted by Crippen LogP contribution is 2.48. The maximum Gasteiger partial charge on any atom is 0.355 e. The van der Waals surface area contributed by atoms with E-state index >= 15 is 0 Å². The Labute approximate surface area is 302 Å². The number of hydrogen-bond donors (Lipinski definition) is 0. The van der Waals surface area contributed by atoms with Crippen LogP contribution in [0.5, 0.6) is 11.5 Å². The summed E-state index contributed by atoms with van der Waals surface area (Å²) < 4.78 is 29.5. The zero-order valence-electron chi connectivity index (χ0n) is 30.0. The number of benzene rings is 3. The Morgan fingerprint density at radius 3 is 2.21 bits per heavy atom. The number of β-lactam (4-membered cyclic amide) rings is 1. The van der Waals surface area contributed by atoms with E-state index < -0.39 is 31.5 Å². The monoisotopic (exact) mass is 726 g/mol. The molecule has 12 nitrogen and oxygen atoms in total. The first-order chi connectivity index (χ1) is 24.7. The molecule has 13 heteroatoms. The van der Waals surface area contributed by atoms with Gasteiger partial charge < -0.3 is 28.0 Å². The minimum Gasteiger partial charge on any atom is -0.489 e. The summed E-state index contributed by atoms with van der Waals surface area (Å²) in [6.45, 7) is 12.7. The van der Waals surface area contributed by atoms with Crippen LogP contribution in [0, 0.1) is 22.0 Å². The van der Waals surface area contributed by atoms with Gasteiger partial charge in [0.05, 0.1) is 23.0 Å². The van der Waals surface area contributed by atoms with Crippen LogP contribution in [0.2, 0.25) is 11.6 Å². The number of carbonyl (C=O) groups excluding carboxylic acids is 2. The zero-order valence-corrected chi connectivity index (χ0v) is 31.1. The second-order valence-corrected chi connectivity index (χ2v) is 17.7. The van der Waals surface area contributed by atoms with E-state index in [0.717, 1.165) is 10.9 Å². The third-order valence-electron chi connectivity index (χ3n) is 9.97. The van der Waals surface area contributed by atoms with Gasteiger partial charge in [-0.25, -0.2) is 9.59 Å². The summed E-state index contributed by atoms with van der Waals surface area (Å²) >= 11 is 0. The molecule has 1 saturated heterocycles. The lowest BCUT2D eigenvalue weighted by molar-refractivity contribution is -0.384. The fourth-order valence-corrected chi connectivity index (χ4v) is 7.71. The molecule has 3 aromatic carbocycles. The molecule has 3 heterocycles. The number of nitro benzene ring substituents is 1. The molecule has 5 atom stereocenters. The van der Waals surface area contributed by atoms with Gasteiger partial charge in [0.1, 0.15) is 42.6 Å². The largest absolute Gasteiger partial charge is 0.489 e. The van der Waals surface area contributed by atoms with Crippen LogP contribution in [0.15, 0.2) is 99.3 Å². The molecular weight excluding hydrogens is 685 g/mol. The maximum absolute atomic E-state index is 13.7. The number of carbonyl (C=O) groups is 2. The molecule has 52 heavy (non-hydrogen) atoms. The Balaban J connectivity index is 1.16. The number of fused-ring (bicyclic) bond motifs is 2. The van der Waals surface area contributed by atoms with Crippen molar-refractivity contribution in [3.8, 4) is 11.5 Å². The van der Waals surface area contributed by atoms with Gasteiger partial charge in [0, 0.05) is 41.1 Å². The van der Waals surface area contributed by atoms with E-state index in [1.807, 2.05) is 50.2 Å². The number of nitrogens with zero attached hydrogens (tertiary/aromatic N) is 2. The lowest BCUT2D eigenvalue weighted by Crippen LogP contribution is -2.64. The number of esters is 1. The van der Waals surface area contributed by atoms with Crippen molar-refractivity contribution in [3.05, 3.63) is 122 Å². The van der Waals surface area contributed by atoms with E-state index in [9.17, 15) is 24.5 Å². The topological polar surface area (TPSA) is 148 Å². The maximum atomic E-state index is 13.7. The number of hydrogen-bond acceptors (Lipinski definition) is 10. The van der Waals surface area contributed by atoms with E-state index in [4.69, 9.17) is 23.1 Å². The van der Waals surface area contributed by atoms with Gasteiger partial charge in [0.25, 0.3) is 5.69 Å². The van der Waals surface area contributed by atoms with Crippen molar-refractivity contribution >= 4 is 37.6 Å². The first kappa shape index (κ1) is 36.5. The third kappa shape index (κ3) is 7.65.